The van der Waals surface area contributed by atoms with Crippen LogP contribution >= 0.6 is 0 Å². The van der Waals surface area contributed by atoms with Crippen LogP contribution in [0.1, 0.15) is 26.5 Å². The lowest BCUT2D eigenvalue weighted by molar-refractivity contribution is 0.109. The predicted octanol–water partition coefficient (Wildman–Crippen LogP) is 2.67. The second kappa shape index (κ2) is 6.41. The Morgan fingerprint density at radius 2 is 2.05 bits per heavy atom. The van der Waals surface area contributed by atoms with Gasteiger partial charge >= 0.3 is 0 Å². The number of nitrogens with zero attached hydrogens (tertiary/aromatic N) is 1. The monoisotopic (exact) mass is 288 g/mol. The van der Waals surface area contributed by atoms with Crippen molar-refractivity contribution in [3.63, 3.8) is 0 Å². The molecule has 1 aromatic carbocycles. The zero-order valence-electron chi connectivity index (χ0n) is 13.2. The number of para-hydroxylation sites is 1. The van der Waals surface area contributed by atoms with E-state index in [1.165, 1.54) is 0 Å². The summed E-state index contributed by atoms with van der Waals surface area (Å²) in [5, 5.41) is 14.0. The van der Waals surface area contributed by atoms with Gasteiger partial charge in [-0.05, 0) is 26.0 Å². The molecule has 0 aliphatic rings. The van der Waals surface area contributed by atoms with Gasteiger partial charge in [0.2, 0.25) is 0 Å². The van der Waals surface area contributed by atoms with E-state index < -0.39 is 5.54 Å². The molecule has 114 valence electrons. The van der Waals surface area contributed by atoms with Crippen LogP contribution in [-0.2, 0) is 0 Å². The highest BCUT2D eigenvalue weighted by atomic mass is 16.5. The number of hydrogen-bond acceptors (Lipinski definition) is 4. The fourth-order valence-electron chi connectivity index (χ4n) is 2.40. The van der Waals surface area contributed by atoms with E-state index in [2.05, 4.69) is 24.1 Å². The van der Waals surface area contributed by atoms with Crippen LogP contribution in [0.25, 0.3) is 10.9 Å². The Morgan fingerprint density at radius 1 is 1.29 bits per heavy atom. The van der Waals surface area contributed by atoms with Crippen molar-refractivity contribution in [2.24, 2.45) is 0 Å². The normalized spacial score (nSPS) is 14.4. The smallest absolute Gasteiger partial charge is 0.145 e. The second-order valence-corrected chi connectivity index (χ2v) is 6.09. The molecule has 4 nitrogen and oxygen atoms in total. The van der Waals surface area contributed by atoms with E-state index in [4.69, 9.17) is 4.74 Å². The van der Waals surface area contributed by atoms with Crippen LogP contribution in [0.5, 0.6) is 5.75 Å². The minimum Gasteiger partial charge on any atom is -0.489 e. The van der Waals surface area contributed by atoms with E-state index in [-0.39, 0.29) is 12.6 Å². The Balaban J connectivity index is 2.21. The molecule has 21 heavy (non-hydrogen) atoms. The molecule has 2 rings (SSSR count). The molecule has 1 unspecified atom stereocenters. The summed E-state index contributed by atoms with van der Waals surface area (Å²) in [4.78, 5) is 4.56. The molecule has 0 amide bonds. The largest absolute Gasteiger partial charge is 0.489 e. The first kappa shape index (κ1) is 15.7. The van der Waals surface area contributed by atoms with Gasteiger partial charge in [-0.3, -0.25) is 0 Å². The third-order valence-electron chi connectivity index (χ3n) is 3.35. The van der Waals surface area contributed by atoms with Gasteiger partial charge in [0.15, 0.2) is 0 Å². The topological polar surface area (TPSA) is 54.4 Å². The zero-order chi connectivity index (χ0) is 15.5. The molecule has 0 bridgehead atoms. The fourth-order valence-corrected chi connectivity index (χ4v) is 2.40. The number of ether oxygens (including phenoxy) is 1. The molecule has 2 N–H and O–H groups in total. The Labute approximate surface area is 126 Å². The Hall–Kier alpha value is -1.65. The third-order valence-corrected chi connectivity index (χ3v) is 3.35. The minimum absolute atomic E-state index is 0.0163. The molecule has 1 heterocycles. The van der Waals surface area contributed by atoms with Crippen LogP contribution in [0.15, 0.2) is 30.3 Å². The molecule has 0 radical (unpaired) electrons. The van der Waals surface area contributed by atoms with Gasteiger partial charge in [-0.15, -0.1) is 0 Å². The number of aromatic nitrogens is 1. The van der Waals surface area contributed by atoms with E-state index in [1.54, 1.807) is 0 Å². The average molecular weight is 288 g/mol. The Kier molecular flexibility index (Phi) is 4.80. The number of rotatable bonds is 6. The number of fused-ring (bicyclic) bond motifs is 1. The summed E-state index contributed by atoms with van der Waals surface area (Å²) in [5.41, 5.74) is 1.35. The molecule has 4 heteroatoms. The quantitative estimate of drug-likeness (QED) is 0.858. The lowest BCUT2D eigenvalue weighted by Crippen LogP contribution is -2.53. The van der Waals surface area contributed by atoms with Crippen molar-refractivity contribution in [2.75, 3.05) is 13.2 Å². The average Bonchev–Trinajstić information content (AvgIpc) is 2.44. The number of aryl methyl sites for hydroxylation is 1. The number of hydrogen-bond donors (Lipinski definition) is 2. The highest BCUT2D eigenvalue weighted by Crippen LogP contribution is 2.24. The molecule has 2 aromatic rings. The van der Waals surface area contributed by atoms with Crippen molar-refractivity contribution in [2.45, 2.75) is 39.3 Å². The number of aliphatic hydroxyl groups excluding tert-OH is 1. The first-order valence-corrected chi connectivity index (χ1v) is 7.31. The molecule has 1 aromatic heterocycles. The highest BCUT2D eigenvalue weighted by molar-refractivity contribution is 5.84. The lowest BCUT2D eigenvalue weighted by atomic mass is 10.0. The molecule has 0 saturated carbocycles. The van der Waals surface area contributed by atoms with Crippen molar-refractivity contribution in [1.82, 2.24) is 10.3 Å². The van der Waals surface area contributed by atoms with Gasteiger partial charge in [0.05, 0.1) is 12.1 Å². The van der Waals surface area contributed by atoms with Crippen LogP contribution in [-0.4, -0.2) is 34.9 Å². The number of pyridine rings is 1. The van der Waals surface area contributed by atoms with Crippen molar-refractivity contribution in [3.8, 4) is 5.75 Å². The van der Waals surface area contributed by atoms with Gasteiger partial charge in [-0.2, -0.15) is 0 Å². The molecule has 0 aliphatic heterocycles. The summed E-state index contributed by atoms with van der Waals surface area (Å²) in [5.74, 6) is 0.751. The van der Waals surface area contributed by atoms with Gasteiger partial charge in [0.25, 0.3) is 0 Å². The zero-order valence-corrected chi connectivity index (χ0v) is 13.2. The fraction of sp³-hybridized carbons (Fsp3) is 0.471. The van der Waals surface area contributed by atoms with Gasteiger partial charge in [0.1, 0.15) is 17.9 Å². The Bertz CT molecular complexity index is 613. The number of benzene rings is 1. The Morgan fingerprint density at radius 3 is 2.71 bits per heavy atom. The lowest BCUT2D eigenvalue weighted by Gasteiger charge is -2.31. The van der Waals surface area contributed by atoms with E-state index in [0.29, 0.717) is 6.61 Å². The van der Waals surface area contributed by atoms with E-state index >= 15 is 0 Å². The minimum atomic E-state index is -0.472. The standard InChI is InChI=1S/C17H24N2O2/c1-12(2)19-17(4,10-20)11-21-15-7-5-6-14-9-8-13(3)18-16(14)15/h5-9,12,19-20H,10-11H2,1-4H3. The van der Waals surface area contributed by atoms with E-state index in [0.717, 1.165) is 22.3 Å². The highest BCUT2D eigenvalue weighted by Gasteiger charge is 2.25. The van der Waals surface area contributed by atoms with Crippen LogP contribution < -0.4 is 10.1 Å². The van der Waals surface area contributed by atoms with Crippen LogP contribution in [0, 0.1) is 6.92 Å². The van der Waals surface area contributed by atoms with Gasteiger partial charge in [0, 0.05) is 17.1 Å². The maximum Gasteiger partial charge on any atom is 0.145 e. The second-order valence-electron chi connectivity index (χ2n) is 6.09. The van der Waals surface area contributed by atoms with Crippen LogP contribution in [0.4, 0.5) is 0 Å². The summed E-state index contributed by atoms with van der Waals surface area (Å²) in [6, 6.07) is 10.2. The summed E-state index contributed by atoms with van der Waals surface area (Å²) in [6.45, 7) is 8.43. The summed E-state index contributed by atoms with van der Waals surface area (Å²) < 4.78 is 5.95. The van der Waals surface area contributed by atoms with Crippen LogP contribution in [0.2, 0.25) is 0 Å². The molecule has 0 fully saturated rings. The van der Waals surface area contributed by atoms with Crippen molar-refractivity contribution in [1.29, 1.82) is 0 Å². The van der Waals surface area contributed by atoms with E-state index in [9.17, 15) is 5.11 Å². The van der Waals surface area contributed by atoms with Gasteiger partial charge < -0.3 is 15.2 Å². The van der Waals surface area contributed by atoms with Gasteiger partial charge in [-0.1, -0.05) is 32.0 Å². The molecular formula is C17H24N2O2. The molecule has 0 saturated heterocycles. The maximum atomic E-state index is 9.61. The van der Waals surface area contributed by atoms with Crippen molar-refractivity contribution in [3.05, 3.63) is 36.0 Å². The van der Waals surface area contributed by atoms with Crippen LogP contribution in [0.3, 0.4) is 0 Å². The van der Waals surface area contributed by atoms with E-state index in [1.807, 2.05) is 44.2 Å². The molecule has 0 aliphatic carbocycles. The molecular weight excluding hydrogens is 264 g/mol. The summed E-state index contributed by atoms with van der Waals surface area (Å²) >= 11 is 0. The number of aliphatic hydroxyl groups is 1. The molecule has 1 atom stereocenters. The molecule has 0 spiro atoms. The van der Waals surface area contributed by atoms with Crippen molar-refractivity contribution < 1.29 is 9.84 Å². The predicted molar refractivity (Wildman–Crippen MR) is 85.7 cm³/mol. The third kappa shape index (κ3) is 3.93. The summed E-state index contributed by atoms with van der Waals surface area (Å²) in [7, 11) is 0. The van der Waals surface area contributed by atoms with Crippen molar-refractivity contribution >= 4 is 10.9 Å². The first-order valence-electron chi connectivity index (χ1n) is 7.31. The van der Waals surface area contributed by atoms with Gasteiger partial charge in [-0.25, -0.2) is 4.98 Å². The first-order chi connectivity index (χ1) is 9.93. The SMILES string of the molecule is Cc1ccc2cccc(OCC(C)(CO)NC(C)C)c2n1. The number of nitrogens with one attached hydrogen (secondary N) is 1. The summed E-state index contributed by atoms with van der Waals surface area (Å²) in [6.07, 6.45) is 0. The maximum absolute atomic E-state index is 9.61.